The molecule has 0 fully saturated rings. The zero-order chi connectivity index (χ0) is 18.7. The first kappa shape index (κ1) is 17.8. The van der Waals surface area contributed by atoms with Gasteiger partial charge in [-0.15, -0.1) is 0 Å². The van der Waals surface area contributed by atoms with Gasteiger partial charge in [0.2, 0.25) is 5.78 Å². The second-order valence-corrected chi connectivity index (χ2v) is 7.63. The third-order valence-electron chi connectivity index (χ3n) is 4.07. The van der Waals surface area contributed by atoms with E-state index < -0.39 is 10.0 Å². The Morgan fingerprint density at radius 2 is 1.58 bits per heavy atom. The van der Waals surface area contributed by atoms with Crippen molar-refractivity contribution in [2.24, 2.45) is 0 Å². The van der Waals surface area contributed by atoms with Crippen LogP contribution in [0.2, 0.25) is 0 Å². The van der Waals surface area contributed by atoms with Crippen LogP contribution in [0.4, 0.5) is 5.69 Å². The lowest BCUT2D eigenvalue weighted by molar-refractivity contribution is 0.103. The summed E-state index contributed by atoms with van der Waals surface area (Å²) < 4.78 is 27.9. The van der Waals surface area contributed by atoms with Crippen LogP contribution in [-0.4, -0.2) is 19.2 Å². The minimum absolute atomic E-state index is 0.134. The van der Waals surface area contributed by atoms with Gasteiger partial charge in [0.25, 0.3) is 10.0 Å². The summed E-state index contributed by atoms with van der Waals surface area (Å²) in [6.07, 6.45) is 1.53. The molecular weight excluding hydrogens is 348 g/mol. The van der Waals surface area contributed by atoms with E-state index in [2.05, 4.69) is 9.71 Å². The number of aromatic nitrogens is 1. The van der Waals surface area contributed by atoms with Crippen LogP contribution >= 0.6 is 0 Å². The molecule has 3 aromatic rings. The molecule has 1 aromatic heterocycles. The molecule has 5 nitrogen and oxygen atoms in total. The van der Waals surface area contributed by atoms with E-state index in [0.29, 0.717) is 0 Å². The molecule has 0 amide bonds. The maximum atomic E-state index is 12.9. The largest absolute Gasteiger partial charge is 0.287 e. The molecule has 2 aromatic carbocycles. The molecular formula is C20H18N2O3S. The molecule has 0 aliphatic heterocycles. The Morgan fingerprint density at radius 3 is 2.23 bits per heavy atom. The molecule has 0 atom stereocenters. The van der Waals surface area contributed by atoms with Gasteiger partial charge >= 0.3 is 0 Å². The van der Waals surface area contributed by atoms with E-state index in [-0.39, 0.29) is 27.6 Å². The quantitative estimate of drug-likeness (QED) is 0.698. The smallest absolute Gasteiger partial charge is 0.261 e. The van der Waals surface area contributed by atoms with E-state index in [1.165, 1.54) is 18.3 Å². The maximum absolute atomic E-state index is 12.9. The summed E-state index contributed by atoms with van der Waals surface area (Å²) in [5.74, 6) is -0.334. The molecule has 0 saturated heterocycles. The Hall–Kier alpha value is -2.99. The van der Waals surface area contributed by atoms with Crippen molar-refractivity contribution < 1.29 is 13.2 Å². The fraction of sp³-hybridized carbons (Fsp3) is 0.100. The molecule has 6 heteroatoms. The topological polar surface area (TPSA) is 76.1 Å². The second kappa shape index (κ2) is 7.09. The van der Waals surface area contributed by atoms with Crippen LogP contribution in [0.25, 0.3) is 0 Å². The summed E-state index contributed by atoms with van der Waals surface area (Å²) in [4.78, 5) is 17.1. The van der Waals surface area contributed by atoms with Crippen molar-refractivity contribution in [1.82, 2.24) is 4.98 Å². The van der Waals surface area contributed by atoms with E-state index in [4.69, 9.17) is 0 Å². The first-order valence-corrected chi connectivity index (χ1v) is 9.51. The summed E-state index contributed by atoms with van der Waals surface area (Å²) in [7, 11) is -3.80. The highest BCUT2D eigenvalue weighted by Gasteiger charge is 2.21. The molecule has 0 aliphatic rings. The first-order chi connectivity index (χ1) is 12.4. The Bertz CT molecular complexity index is 1050. The third-order valence-corrected chi connectivity index (χ3v) is 5.46. The van der Waals surface area contributed by atoms with E-state index >= 15 is 0 Å². The van der Waals surface area contributed by atoms with Crippen LogP contribution in [0.5, 0.6) is 0 Å². The number of pyridine rings is 1. The van der Waals surface area contributed by atoms with Gasteiger partial charge in [0, 0.05) is 11.8 Å². The van der Waals surface area contributed by atoms with Crippen LogP contribution in [-0.2, 0) is 10.0 Å². The molecule has 3 rings (SSSR count). The SMILES string of the molecule is Cc1cc(NS(=O)(=O)c2ccccc2)c(C(=O)c2ccccn2)cc1C. The molecule has 0 saturated carbocycles. The van der Waals surface area contributed by atoms with Crippen LogP contribution < -0.4 is 4.72 Å². The van der Waals surface area contributed by atoms with Crippen LogP contribution in [0, 0.1) is 13.8 Å². The number of hydrogen-bond acceptors (Lipinski definition) is 4. The Labute approximate surface area is 152 Å². The number of carbonyl (C=O) groups is 1. The number of carbonyl (C=O) groups excluding carboxylic acids is 1. The number of rotatable bonds is 5. The Morgan fingerprint density at radius 1 is 0.923 bits per heavy atom. The van der Waals surface area contributed by atoms with Gasteiger partial charge in [0.15, 0.2) is 0 Å². The van der Waals surface area contributed by atoms with Gasteiger partial charge in [-0.3, -0.25) is 14.5 Å². The van der Waals surface area contributed by atoms with Crippen LogP contribution in [0.1, 0.15) is 27.2 Å². The van der Waals surface area contributed by atoms with Crippen molar-refractivity contribution >= 4 is 21.5 Å². The van der Waals surface area contributed by atoms with Crippen molar-refractivity contribution in [1.29, 1.82) is 0 Å². The summed E-state index contributed by atoms with van der Waals surface area (Å²) >= 11 is 0. The minimum atomic E-state index is -3.80. The predicted molar refractivity (Wildman–Crippen MR) is 101 cm³/mol. The maximum Gasteiger partial charge on any atom is 0.261 e. The summed E-state index contributed by atoms with van der Waals surface area (Å²) in [5.41, 5.74) is 2.55. The van der Waals surface area contributed by atoms with Gasteiger partial charge in [0.05, 0.1) is 10.6 Å². The lowest BCUT2D eigenvalue weighted by Crippen LogP contribution is -2.16. The molecule has 1 heterocycles. The Balaban J connectivity index is 2.07. The van der Waals surface area contributed by atoms with Gasteiger partial charge in [0.1, 0.15) is 5.69 Å². The van der Waals surface area contributed by atoms with Gasteiger partial charge in [-0.2, -0.15) is 0 Å². The highest BCUT2D eigenvalue weighted by Crippen LogP contribution is 2.26. The van der Waals surface area contributed by atoms with Crippen molar-refractivity contribution in [2.45, 2.75) is 18.7 Å². The highest BCUT2D eigenvalue weighted by molar-refractivity contribution is 7.92. The van der Waals surface area contributed by atoms with Crippen molar-refractivity contribution in [2.75, 3.05) is 4.72 Å². The normalized spacial score (nSPS) is 11.2. The number of nitrogens with one attached hydrogen (secondary N) is 1. The molecule has 0 unspecified atom stereocenters. The van der Waals surface area contributed by atoms with Crippen molar-refractivity contribution in [3.63, 3.8) is 0 Å². The average Bonchev–Trinajstić information content (AvgIpc) is 2.65. The van der Waals surface area contributed by atoms with E-state index in [1.54, 1.807) is 48.5 Å². The fourth-order valence-electron chi connectivity index (χ4n) is 2.53. The Kier molecular flexibility index (Phi) is 4.86. The van der Waals surface area contributed by atoms with Gasteiger partial charge in [-0.05, 0) is 61.4 Å². The monoisotopic (exact) mass is 366 g/mol. The summed E-state index contributed by atoms with van der Waals surface area (Å²) in [6.45, 7) is 3.74. The molecule has 26 heavy (non-hydrogen) atoms. The lowest BCUT2D eigenvalue weighted by Gasteiger charge is -2.14. The number of benzene rings is 2. The molecule has 0 radical (unpaired) electrons. The fourth-order valence-corrected chi connectivity index (χ4v) is 3.62. The lowest BCUT2D eigenvalue weighted by atomic mass is 10.00. The van der Waals surface area contributed by atoms with Gasteiger partial charge in [-0.1, -0.05) is 24.3 Å². The minimum Gasteiger partial charge on any atom is -0.287 e. The molecule has 0 spiro atoms. The van der Waals surface area contributed by atoms with E-state index in [9.17, 15) is 13.2 Å². The number of sulfonamides is 1. The standard InChI is InChI=1S/C20H18N2O3S/c1-14-12-17(20(23)18-10-6-7-11-21-18)19(13-15(14)2)22-26(24,25)16-8-4-3-5-9-16/h3-13,22H,1-2H3. The van der Waals surface area contributed by atoms with E-state index in [0.717, 1.165) is 11.1 Å². The molecule has 132 valence electrons. The zero-order valence-electron chi connectivity index (χ0n) is 14.4. The van der Waals surface area contributed by atoms with Crippen LogP contribution in [0.3, 0.4) is 0 Å². The molecule has 1 N–H and O–H groups in total. The number of aryl methyl sites for hydroxylation is 2. The number of hydrogen-bond donors (Lipinski definition) is 1. The third kappa shape index (κ3) is 3.65. The van der Waals surface area contributed by atoms with E-state index in [1.807, 2.05) is 13.8 Å². The van der Waals surface area contributed by atoms with Crippen molar-refractivity contribution in [3.8, 4) is 0 Å². The highest BCUT2D eigenvalue weighted by atomic mass is 32.2. The summed E-state index contributed by atoms with van der Waals surface area (Å²) in [5, 5.41) is 0. The molecule has 0 aliphatic carbocycles. The van der Waals surface area contributed by atoms with Crippen LogP contribution in [0.15, 0.2) is 71.8 Å². The first-order valence-electron chi connectivity index (χ1n) is 8.03. The van der Waals surface area contributed by atoms with Gasteiger partial charge < -0.3 is 0 Å². The number of nitrogens with zero attached hydrogens (tertiary/aromatic N) is 1. The van der Waals surface area contributed by atoms with Crippen molar-refractivity contribution in [3.05, 3.63) is 89.2 Å². The molecule has 0 bridgehead atoms. The second-order valence-electron chi connectivity index (χ2n) is 5.94. The number of ketones is 1. The number of anilines is 1. The summed E-state index contributed by atoms with van der Waals surface area (Å²) in [6, 6.07) is 16.4. The average molecular weight is 366 g/mol. The predicted octanol–water partition coefficient (Wildman–Crippen LogP) is 3.73. The zero-order valence-corrected chi connectivity index (χ0v) is 15.2. The van der Waals surface area contributed by atoms with Gasteiger partial charge in [-0.25, -0.2) is 8.42 Å².